The summed E-state index contributed by atoms with van der Waals surface area (Å²) < 4.78 is 67.2. The number of nitrogens with one attached hydrogen (secondary N) is 1. The number of rotatable bonds is 6. The number of carbonyl (C=O) groups is 2. The third kappa shape index (κ3) is 4.74. The minimum Gasteiger partial charge on any atom is -0.496 e. The average molecular weight is 506 g/mol. The number of nitrogens with zero attached hydrogens (tertiary/aromatic N) is 1. The van der Waals surface area contributed by atoms with Crippen LogP contribution in [0.1, 0.15) is 38.4 Å². The molecule has 36 heavy (non-hydrogen) atoms. The number of aromatic carboxylic acids is 1. The molecule has 2 heterocycles. The number of carboxylic acid groups (broad SMARTS) is 1. The SMILES string of the molecule is COc1cc(C(=O)O)ccc1C(=O)NC1(c2ccc(OC(F)(F)F)c(F)c2)CCOc2cccnc21. The molecule has 4 rings (SSSR count). The van der Waals surface area contributed by atoms with E-state index in [0.717, 1.165) is 12.1 Å². The summed E-state index contributed by atoms with van der Waals surface area (Å²) in [5.74, 6) is -4.03. The Bertz CT molecular complexity index is 1330. The fraction of sp³-hybridized carbons (Fsp3) is 0.208. The Morgan fingerprint density at radius 1 is 1.14 bits per heavy atom. The van der Waals surface area contributed by atoms with Gasteiger partial charge in [-0.2, -0.15) is 0 Å². The lowest BCUT2D eigenvalue weighted by molar-refractivity contribution is -0.275. The number of methoxy groups -OCH3 is 1. The molecule has 0 aliphatic carbocycles. The van der Waals surface area contributed by atoms with E-state index < -0.39 is 35.3 Å². The summed E-state index contributed by atoms with van der Waals surface area (Å²) in [7, 11) is 1.26. The molecular weight excluding hydrogens is 488 g/mol. The summed E-state index contributed by atoms with van der Waals surface area (Å²) in [4.78, 5) is 29.0. The molecule has 12 heteroatoms. The maximum Gasteiger partial charge on any atom is 0.573 e. The Kier molecular flexibility index (Phi) is 6.44. The third-order valence-corrected chi connectivity index (χ3v) is 5.58. The number of carbonyl (C=O) groups excluding carboxylic acids is 1. The van der Waals surface area contributed by atoms with E-state index >= 15 is 0 Å². The van der Waals surface area contributed by atoms with Crippen LogP contribution >= 0.6 is 0 Å². The first-order chi connectivity index (χ1) is 17.0. The monoisotopic (exact) mass is 506 g/mol. The predicted molar refractivity (Wildman–Crippen MR) is 116 cm³/mol. The van der Waals surface area contributed by atoms with Crippen molar-refractivity contribution in [3.8, 4) is 17.2 Å². The highest BCUT2D eigenvalue weighted by atomic mass is 19.4. The van der Waals surface area contributed by atoms with Crippen molar-refractivity contribution in [2.24, 2.45) is 0 Å². The molecule has 0 radical (unpaired) electrons. The van der Waals surface area contributed by atoms with Crippen LogP contribution in [0.25, 0.3) is 0 Å². The number of ether oxygens (including phenoxy) is 3. The summed E-state index contributed by atoms with van der Waals surface area (Å²) in [6.07, 6.45) is -3.62. The van der Waals surface area contributed by atoms with Crippen molar-refractivity contribution in [2.75, 3.05) is 13.7 Å². The van der Waals surface area contributed by atoms with Gasteiger partial charge in [-0.25, -0.2) is 9.18 Å². The maximum atomic E-state index is 14.7. The first-order valence-corrected chi connectivity index (χ1v) is 10.4. The standard InChI is InChI=1S/C24H18F4N2O6/c1-34-19-11-13(22(32)33)4-6-15(19)21(31)30-23(8-10-35-18-3-2-9-29-20(18)23)14-5-7-17(16(25)12-14)36-24(26,27)28/h2-7,9,11-12H,8,10H2,1H3,(H,30,31)(H,32,33). The molecule has 1 unspecified atom stereocenters. The van der Waals surface area contributed by atoms with E-state index in [2.05, 4.69) is 15.0 Å². The molecule has 2 aromatic carbocycles. The highest BCUT2D eigenvalue weighted by molar-refractivity contribution is 5.99. The Labute approximate surface area is 201 Å². The summed E-state index contributed by atoms with van der Waals surface area (Å²) in [6, 6.07) is 9.65. The van der Waals surface area contributed by atoms with Crippen LogP contribution in [0.2, 0.25) is 0 Å². The van der Waals surface area contributed by atoms with Crippen molar-refractivity contribution in [1.82, 2.24) is 10.3 Å². The topological polar surface area (TPSA) is 107 Å². The predicted octanol–water partition coefficient (Wildman–Crippen LogP) is 4.28. The van der Waals surface area contributed by atoms with Gasteiger partial charge in [-0.1, -0.05) is 6.07 Å². The second-order valence-corrected chi connectivity index (χ2v) is 7.72. The van der Waals surface area contributed by atoms with Crippen molar-refractivity contribution < 1.29 is 46.5 Å². The lowest BCUT2D eigenvalue weighted by Crippen LogP contribution is -2.50. The van der Waals surface area contributed by atoms with Crippen LogP contribution < -0.4 is 19.5 Å². The normalized spacial score (nSPS) is 16.9. The number of benzene rings is 2. The van der Waals surface area contributed by atoms with E-state index in [9.17, 15) is 32.3 Å². The van der Waals surface area contributed by atoms with Gasteiger partial charge in [-0.05, 0) is 48.0 Å². The molecule has 0 saturated heterocycles. The molecule has 0 spiro atoms. The molecule has 1 atom stereocenters. The molecule has 0 fully saturated rings. The van der Waals surface area contributed by atoms with Gasteiger partial charge in [0, 0.05) is 12.6 Å². The second-order valence-electron chi connectivity index (χ2n) is 7.72. The van der Waals surface area contributed by atoms with E-state index in [4.69, 9.17) is 9.47 Å². The van der Waals surface area contributed by atoms with Gasteiger partial charge < -0.3 is 24.6 Å². The summed E-state index contributed by atoms with van der Waals surface area (Å²) in [5, 5.41) is 12.0. The van der Waals surface area contributed by atoms with Gasteiger partial charge in [0.25, 0.3) is 5.91 Å². The molecule has 1 amide bonds. The zero-order chi connectivity index (χ0) is 26.1. The van der Waals surface area contributed by atoms with Gasteiger partial charge >= 0.3 is 12.3 Å². The molecule has 1 aliphatic heterocycles. The highest BCUT2D eigenvalue weighted by Gasteiger charge is 2.43. The Morgan fingerprint density at radius 2 is 1.92 bits per heavy atom. The van der Waals surface area contributed by atoms with Crippen molar-refractivity contribution in [3.05, 3.63) is 82.9 Å². The number of halogens is 4. The third-order valence-electron chi connectivity index (χ3n) is 5.58. The molecule has 0 bridgehead atoms. The number of pyridine rings is 1. The van der Waals surface area contributed by atoms with E-state index in [1.807, 2.05) is 0 Å². The Hall–Kier alpha value is -4.35. The molecule has 0 saturated carbocycles. The highest BCUT2D eigenvalue weighted by Crippen LogP contribution is 2.42. The van der Waals surface area contributed by atoms with Crippen molar-refractivity contribution in [3.63, 3.8) is 0 Å². The van der Waals surface area contributed by atoms with Crippen LogP contribution in [-0.4, -0.2) is 42.0 Å². The summed E-state index contributed by atoms with van der Waals surface area (Å²) >= 11 is 0. The van der Waals surface area contributed by atoms with Gasteiger partial charge in [0.05, 0.1) is 24.8 Å². The number of aromatic nitrogens is 1. The van der Waals surface area contributed by atoms with E-state index in [1.165, 1.54) is 37.6 Å². The fourth-order valence-corrected chi connectivity index (χ4v) is 3.98. The fourth-order valence-electron chi connectivity index (χ4n) is 3.98. The zero-order valence-corrected chi connectivity index (χ0v) is 18.6. The van der Waals surface area contributed by atoms with Gasteiger partial charge in [0.15, 0.2) is 11.6 Å². The molecule has 1 aromatic heterocycles. The first kappa shape index (κ1) is 24.8. The smallest absolute Gasteiger partial charge is 0.496 e. The maximum absolute atomic E-state index is 14.7. The van der Waals surface area contributed by atoms with E-state index in [0.29, 0.717) is 0 Å². The van der Waals surface area contributed by atoms with Crippen LogP contribution in [0, 0.1) is 5.82 Å². The van der Waals surface area contributed by atoms with Crippen molar-refractivity contribution >= 4 is 11.9 Å². The number of amides is 1. The van der Waals surface area contributed by atoms with Gasteiger partial charge in [-0.3, -0.25) is 9.78 Å². The number of fused-ring (bicyclic) bond motifs is 1. The Balaban J connectivity index is 1.82. The number of hydrogen-bond donors (Lipinski definition) is 2. The quantitative estimate of drug-likeness (QED) is 0.481. The van der Waals surface area contributed by atoms with Gasteiger partial charge in [-0.15, -0.1) is 13.2 Å². The van der Waals surface area contributed by atoms with Crippen LogP contribution in [0.3, 0.4) is 0 Å². The molecular formula is C24H18F4N2O6. The molecule has 1 aliphatic rings. The first-order valence-electron chi connectivity index (χ1n) is 10.4. The summed E-state index contributed by atoms with van der Waals surface area (Å²) in [6.45, 7) is 0.0660. The van der Waals surface area contributed by atoms with E-state index in [1.54, 1.807) is 12.1 Å². The number of hydrogen-bond acceptors (Lipinski definition) is 6. The zero-order valence-electron chi connectivity index (χ0n) is 18.6. The van der Waals surface area contributed by atoms with E-state index in [-0.39, 0.29) is 46.9 Å². The Morgan fingerprint density at radius 3 is 2.58 bits per heavy atom. The molecule has 3 aromatic rings. The van der Waals surface area contributed by atoms with Crippen LogP contribution in [0.5, 0.6) is 17.2 Å². The minimum atomic E-state index is -5.10. The minimum absolute atomic E-state index is 0.0247. The molecule has 8 nitrogen and oxygen atoms in total. The average Bonchev–Trinajstić information content (AvgIpc) is 2.84. The van der Waals surface area contributed by atoms with Crippen molar-refractivity contribution in [2.45, 2.75) is 18.3 Å². The van der Waals surface area contributed by atoms with Gasteiger partial charge in [0.2, 0.25) is 0 Å². The lowest BCUT2D eigenvalue weighted by atomic mass is 9.81. The lowest BCUT2D eigenvalue weighted by Gasteiger charge is -2.39. The van der Waals surface area contributed by atoms with Crippen LogP contribution in [0.4, 0.5) is 17.6 Å². The number of carboxylic acids is 1. The van der Waals surface area contributed by atoms with Crippen molar-refractivity contribution in [1.29, 1.82) is 0 Å². The van der Waals surface area contributed by atoms with Crippen LogP contribution in [0.15, 0.2) is 54.7 Å². The molecule has 2 N–H and O–H groups in total. The van der Waals surface area contributed by atoms with Gasteiger partial charge in [0.1, 0.15) is 22.7 Å². The largest absolute Gasteiger partial charge is 0.573 e. The summed E-state index contributed by atoms with van der Waals surface area (Å²) in [5.41, 5.74) is -1.36. The second kappa shape index (κ2) is 9.36. The molecule has 188 valence electrons. The number of alkyl halides is 3. The van der Waals surface area contributed by atoms with Crippen LogP contribution in [-0.2, 0) is 5.54 Å².